The SMILES string of the molecule is [N-]=[N+]=NC(=O)C1CC1(F)F. The first-order valence-electron chi connectivity index (χ1n) is 2.54. The van der Waals surface area contributed by atoms with E-state index in [1.807, 2.05) is 0 Å². The molecule has 0 bridgehead atoms. The van der Waals surface area contributed by atoms with Gasteiger partial charge in [0.15, 0.2) is 0 Å². The largest absolute Gasteiger partial charge is 0.292 e. The van der Waals surface area contributed by atoms with E-state index in [1.54, 1.807) is 0 Å². The minimum Gasteiger partial charge on any atom is -0.292 e. The lowest BCUT2D eigenvalue weighted by Gasteiger charge is -1.87. The van der Waals surface area contributed by atoms with Gasteiger partial charge >= 0.3 is 0 Å². The summed E-state index contributed by atoms with van der Waals surface area (Å²) in [5.41, 5.74) is 7.68. The van der Waals surface area contributed by atoms with Crippen LogP contribution in [0.3, 0.4) is 0 Å². The molecule has 1 aliphatic rings. The molecule has 4 nitrogen and oxygen atoms in total. The van der Waals surface area contributed by atoms with Crippen molar-refractivity contribution in [3.63, 3.8) is 0 Å². The van der Waals surface area contributed by atoms with E-state index in [4.69, 9.17) is 5.53 Å². The molecule has 1 unspecified atom stereocenters. The number of azide groups is 1. The van der Waals surface area contributed by atoms with Crippen molar-refractivity contribution in [1.82, 2.24) is 0 Å². The summed E-state index contributed by atoms with van der Waals surface area (Å²) in [4.78, 5) is 12.4. The predicted molar refractivity (Wildman–Crippen MR) is 27.2 cm³/mol. The third-order valence-electron chi connectivity index (χ3n) is 1.27. The molecule has 10 heavy (non-hydrogen) atoms. The minimum absolute atomic E-state index is 0.481. The molecule has 0 aromatic heterocycles. The Morgan fingerprint density at radius 1 is 1.80 bits per heavy atom. The number of alkyl halides is 2. The molecule has 0 aliphatic heterocycles. The van der Waals surface area contributed by atoms with Crippen LogP contribution in [-0.4, -0.2) is 11.8 Å². The summed E-state index contributed by atoms with van der Waals surface area (Å²) in [7, 11) is 0. The monoisotopic (exact) mass is 147 g/mol. The number of carbonyl (C=O) groups excluding carboxylic acids is 1. The fraction of sp³-hybridized carbons (Fsp3) is 0.750. The zero-order chi connectivity index (χ0) is 7.78. The van der Waals surface area contributed by atoms with Crippen molar-refractivity contribution in [2.75, 3.05) is 0 Å². The Balaban J connectivity index is 2.56. The molecule has 0 aromatic rings. The predicted octanol–water partition coefficient (Wildman–Crippen LogP) is 1.48. The number of hydrogen-bond acceptors (Lipinski definition) is 1. The fourth-order valence-electron chi connectivity index (χ4n) is 0.595. The van der Waals surface area contributed by atoms with Crippen molar-refractivity contribution in [3.05, 3.63) is 10.4 Å². The van der Waals surface area contributed by atoms with Gasteiger partial charge in [0, 0.05) is 11.3 Å². The number of rotatable bonds is 1. The molecule has 0 aromatic carbocycles. The Morgan fingerprint density at radius 2 is 2.30 bits per heavy atom. The molecule has 1 aliphatic carbocycles. The van der Waals surface area contributed by atoms with Gasteiger partial charge in [0.2, 0.25) is 5.91 Å². The quantitative estimate of drug-likeness (QED) is 0.314. The van der Waals surface area contributed by atoms with Crippen LogP contribution in [0.25, 0.3) is 10.4 Å². The van der Waals surface area contributed by atoms with Crippen molar-refractivity contribution in [1.29, 1.82) is 0 Å². The lowest BCUT2D eigenvalue weighted by Crippen LogP contribution is -2.02. The maximum atomic E-state index is 12.0. The van der Waals surface area contributed by atoms with E-state index in [0.717, 1.165) is 0 Å². The Hall–Kier alpha value is -1.16. The fourth-order valence-corrected chi connectivity index (χ4v) is 0.595. The molecule has 0 spiro atoms. The van der Waals surface area contributed by atoms with Crippen molar-refractivity contribution >= 4 is 5.91 Å². The molecular formula is C4H3F2N3O. The van der Waals surface area contributed by atoms with E-state index < -0.39 is 24.2 Å². The normalized spacial score (nSPS) is 26.8. The third kappa shape index (κ3) is 1.06. The molecule has 1 saturated carbocycles. The number of amides is 1. The van der Waals surface area contributed by atoms with Crippen LogP contribution in [0.4, 0.5) is 8.78 Å². The van der Waals surface area contributed by atoms with Gasteiger partial charge in [-0.05, 0) is 10.6 Å². The first kappa shape index (κ1) is 6.95. The zero-order valence-corrected chi connectivity index (χ0v) is 4.79. The van der Waals surface area contributed by atoms with Crippen molar-refractivity contribution < 1.29 is 13.6 Å². The van der Waals surface area contributed by atoms with Crippen LogP contribution in [0.15, 0.2) is 5.11 Å². The Morgan fingerprint density at radius 3 is 2.60 bits per heavy atom. The molecule has 0 radical (unpaired) electrons. The average Bonchev–Trinajstić information content (AvgIpc) is 2.41. The van der Waals surface area contributed by atoms with Crippen LogP contribution >= 0.6 is 0 Å². The van der Waals surface area contributed by atoms with Gasteiger partial charge < -0.3 is 0 Å². The highest BCUT2D eigenvalue weighted by Crippen LogP contribution is 2.49. The van der Waals surface area contributed by atoms with Gasteiger partial charge in [0.05, 0.1) is 5.92 Å². The molecule has 1 amide bonds. The summed E-state index contributed by atoms with van der Waals surface area (Å²) in [5, 5.41) is 2.54. The van der Waals surface area contributed by atoms with E-state index in [-0.39, 0.29) is 0 Å². The van der Waals surface area contributed by atoms with Crippen molar-refractivity contribution in [3.8, 4) is 0 Å². The summed E-state index contributed by atoms with van der Waals surface area (Å²) in [6, 6.07) is 0. The third-order valence-corrected chi connectivity index (χ3v) is 1.27. The number of nitrogens with zero attached hydrogens (tertiary/aromatic N) is 3. The van der Waals surface area contributed by atoms with E-state index >= 15 is 0 Å². The van der Waals surface area contributed by atoms with Gasteiger partial charge in [-0.25, -0.2) is 8.78 Å². The number of hydrogen-bond donors (Lipinski definition) is 0. The molecule has 1 atom stereocenters. The summed E-state index contributed by atoms with van der Waals surface area (Å²) in [6.07, 6.45) is -0.481. The Labute approximate surface area is 54.5 Å². The van der Waals surface area contributed by atoms with Gasteiger partial charge in [0.25, 0.3) is 5.92 Å². The summed E-state index contributed by atoms with van der Waals surface area (Å²) in [5.74, 6) is -5.35. The summed E-state index contributed by atoms with van der Waals surface area (Å²) in [6.45, 7) is 0. The van der Waals surface area contributed by atoms with Gasteiger partial charge in [-0.3, -0.25) is 4.79 Å². The molecule has 1 rings (SSSR count). The van der Waals surface area contributed by atoms with Crippen LogP contribution < -0.4 is 0 Å². The lowest BCUT2D eigenvalue weighted by atomic mass is 10.4. The van der Waals surface area contributed by atoms with Gasteiger partial charge in [-0.2, -0.15) is 0 Å². The van der Waals surface area contributed by atoms with Crippen LogP contribution in [0.2, 0.25) is 0 Å². The number of halogens is 2. The van der Waals surface area contributed by atoms with E-state index in [2.05, 4.69) is 10.0 Å². The van der Waals surface area contributed by atoms with Gasteiger partial charge in [0.1, 0.15) is 0 Å². The summed E-state index contributed by atoms with van der Waals surface area (Å²) >= 11 is 0. The second-order valence-electron chi connectivity index (χ2n) is 2.05. The van der Waals surface area contributed by atoms with Crippen LogP contribution in [0.5, 0.6) is 0 Å². The van der Waals surface area contributed by atoms with E-state index in [9.17, 15) is 13.6 Å². The molecule has 0 N–H and O–H groups in total. The van der Waals surface area contributed by atoms with Crippen LogP contribution in [0, 0.1) is 5.92 Å². The summed E-state index contributed by atoms with van der Waals surface area (Å²) < 4.78 is 23.9. The van der Waals surface area contributed by atoms with E-state index in [0.29, 0.717) is 0 Å². The minimum atomic E-state index is -2.93. The molecular weight excluding hydrogens is 144 g/mol. The standard InChI is InChI=1S/C4H3F2N3O/c5-4(6)1-2(4)3(10)8-9-7/h2H,1H2. The van der Waals surface area contributed by atoms with Crippen molar-refractivity contribution in [2.45, 2.75) is 12.3 Å². The topological polar surface area (TPSA) is 65.8 Å². The second kappa shape index (κ2) is 1.91. The highest BCUT2D eigenvalue weighted by atomic mass is 19.3. The molecule has 54 valence electrons. The highest BCUT2D eigenvalue weighted by molar-refractivity contribution is 5.83. The first-order chi connectivity index (χ1) is 4.58. The van der Waals surface area contributed by atoms with Crippen molar-refractivity contribution in [2.24, 2.45) is 11.0 Å². The maximum Gasteiger partial charge on any atom is 0.259 e. The van der Waals surface area contributed by atoms with Gasteiger partial charge in [-0.1, -0.05) is 0 Å². The Kier molecular flexibility index (Phi) is 1.33. The molecule has 1 fully saturated rings. The first-order valence-corrected chi connectivity index (χ1v) is 2.54. The molecule has 6 heteroatoms. The second-order valence-corrected chi connectivity index (χ2v) is 2.05. The Bertz CT molecular complexity index is 221. The van der Waals surface area contributed by atoms with Crippen LogP contribution in [0.1, 0.15) is 6.42 Å². The zero-order valence-electron chi connectivity index (χ0n) is 4.79. The number of carbonyl (C=O) groups is 1. The van der Waals surface area contributed by atoms with Crippen LogP contribution in [-0.2, 0) is 4.79 Å². The van der Waals surface area contributed by atoms with Gasteiger partial charge in [-0.15, -0.1) is 0 Å². The average molecular weight is 147 g/mol. The van der Waals surface area contributed by atoms with E-state index in [1.165, 1.54) is 0 Å². The molecule has 0 heterocycles. The highest BCUT2D eigenvalue weighted by Gasteiger charge is 2.60. The maximum absolute atomic E-state index is 12.0. The smallest absolute Gasteiger partial charge is 0.259 e. The lowest BCUT2D eigenvalue weighted by molar-refractivity contribution is -0.121. The molecule has 0 saturated heterocycles.